The molecule has 4 aliphatic rings. The summed E-state index contributed by atoms with van der Waals surface area (Å²) in [5.74, 6) is 0.641. The van der Waals surface area contributed by atoms with E-state index in [0.29, 0.717) is 17.8 Å². The molecular formula is C19H22ClN3O4. The number of pyridine rings is 1. The number of halogens is 1. The van der Waals surface area contributed by atoms with Gasteiger partial charge >= 0.3 is 12.0 Å². The average Bonchev–Trinajstić information content (AvgIpc) is 2.58. The van der Waals surface area contributed by atoms with Gasteiger partial charge in [-0.15, -0.1) is 0 Å². The van der Waals surface area contributed by atoms with Gasteiger partial charge in [-0.3, -0.25) is 10.1 Å². The molecule has 0 spiro atoms. The fraction of sp³-hybridized carbons (Fsp3) is 0.579. The standard InChI is InChI=1S/C19H22ClN3O4/c20-16-14(2-1-3-21-16)17(25)27-10-15(24)22-18(26)23-19-7-11-4-12(8-19)6-13(5-11)9-19/h1-3,11-13H,4-10H2,(H2,22,23,24,26). The van der Waals surface area contributed by atoms with E-state index in [4.69, 9.17) is 16.3 Å². The molecule has 7 nitrogen and oxygen atoms in total. The number of urea groups is 1. The van der Waals surface area contributed by atoms with Crippen LogP contribution in [0, 0.1) is 17.8 Å². The topological polar surface area (TPSA) is 97.4 Å². The fourth-order valence-corrected chi connectivity index (χ4v) is 5.64. The Kier molecular flexibility index (Phi) is 4.80. The van der Waals surface area contributed by atoms with Gasteiger partial charge in [-0.1, -0.05) is 11.6 Å². The van der Waals surface area contributed by atoms with Gasteiger partial charge < -0.3 is 10.1 Å². The van der Waals surface area contributed by atoms with E-state index in [-0.39, 0.29) is 16.3 Å². The largest absolute Gasteiger partial charge is 0.452 e. The van der Waals surface area contributed by atoms with E-state index in [1.807, 2.05) is 0 Å². The fourth-order valence-electron chi connectivity index (χ4n) is 5.45. The van der Waals surface area contributed by atoms with Gasteiger partial charge in [-0.2, -0.15) is 0 Å². The molecule has 4 fully saturated rings. The van der Waals surface area contributed by atoms with Crippen molar-refractivity contribution in [2.75, 3.05) is 6.61 Å². The van der Waals surface area contributed by atoms with E-state index in [1.54, 1.807) is 6.07 Å². The lowest BCUT2D eigenvalue weighted by atomic mass is 9.53. The smallest absolute Gasteiger partial charge is 0.341 e. The Labute approximate surface area is 162 Å². The number of nitrogens with one attached hydrogen (secondary N) is 2. The van der Waals surface area contributed by atoms with Gasteiger partial charge in [-0.25, -0.2) is 14.6 Å². The Morgan fingerprint density at radius 2 is 1.78 bits per heavy atom. The number of nitrogens with zero attached hydrogens (tertiary/aromatic N) is 1. The predicted molar refractivity (Wildman–Crippen MR) is 97.1 cm³/mol. The third-order valence-corrected chi connectivity index (χ3v) is 6.28. The quantitative estimate of drug-likeness (QED) is 0.607. The summed E-state index contributed by atoms with van der Waals surface area (Å²) in [7, 11) is 0. The van der Waals surface area contributed by atoms with Crippen LogP contribution in [0.1, 0.15) is 48.9 Å². The van der Waals surface area contributed by atoms with Gasteiger partial charge in [0.1, 0.15) is 5.15 Å². The maximum absolute atomic E-state index is 12.3. The van der Waals surface area contributed by atoms with Crippen LogP contribution in [0.5, 0.6) is 0 Å². The maximum Gasteiger partial charge on any atom is 0.341 e. The molecule has 5 rings (SSSR count). The van der Waals surface area contributed by atoms with Crippen molar-refractivity contribution < 1.29 is 19.1 Å². The summed E-state index contributed by atoms with van der Waals surface area (Å²) in [6.07, 6.45) is 8.25. The summed E-state index contributed by atoms with van der Waals surface area (Å²) >= 11 is 5.81. The van der Waals surface area contributed by atoms with Crippen LogP contribution in [0.15, 0.2) is 18.3 Å². The van der Waals surface area contributed by atoms with E-state index in [2.05, 4.69) is 15.6 Å². The Hall–Kier alpha value is -2.15. The zero-order valence-corrected chi connectivity index (χ0v) is 15.6. The molecule has 3 amide bonds. The molecule has 1 aromatic heterocycles. The molecule has 1 aromatic rings. The molecular weight excluding hydrogens is 370 g/mol. The summed E-state index contributed by atoms with van der Waals surface area (Å²) in [4.78, 5) is 40.0. The molecule has 4 saturated carbocycles. The van der Waals surface area contributed by atoms with E-state index < -0.39 is 24.5 Å². The Balaban J connectivity index is 1.27. The molecule has 4 aliphatic carbocycles. The first-order valence-electron chi connectivity index (χ1n) is 9.32. The van der Waals surface area contributed by atoms with Gasteiger partial charge in [0, 0.05) is 11.7 Å². The van der Waals surface area contributed by atoms with Crippen molar-refractivity contribution in [1.29, 1.82) is 0 Å². The average molecular weight is 392 g/mol. The number of ether oxygens (including phenoxy) is 1. The van der Waals surface area contributed by atoms with E-state index in [9.17, 15) is 14.4 Å². The number of carbonyl (C=O) groups is 3. The van der Waals surface area contributed by atoms with Crippen LogP contribution in [0.25, 0.3) is 0 Å². The summed E-state index contributed by atoms with van der Waals surface area (Å²) in [6.45, 7) is -0.557. The first kappa shape index (κ1) is 18.2. The Morgan fingerprint density at radius 3 is 2.37 bits per heavy atom. The number of hydrogen-bond donors (Lipinski definition) is 2. The van der Waals surface area contributed by atoms with Crippen molar-refractivity contribution in [3.8, 4) is 0 Å². The number of carbonyl (C=O) groups excluding carboxylic acids is 3. The molecule has 0 aliphatic heterocycles. The molecule has 0 atom stereocenters. The lowest BCUT2D eigenvalue weighted by Gasteiger charge is -2.56. The highest BCUT2D eigenvalue weighted by molar-refractivity contribution is 6.32. The van der Waals surface area contributed by atoms with Crippen LogP contribution in [0.4, 0.5) is 4.79 Å². The van der Waals surface area contributed by atoms with Crippen LogP contribution >= 0.6 is 11.6 Å². The van der Waals surface area contributed by atoms with Gasteiger partial charge in [0.2, 0.25) is 0 Å². The van der Waals surface area contributed by atoms with E-state index in [0.717, 1.165) is 19.3 Å². The van der Waals surface area contributed by atoms with Crippen LogP contribution < -0.4 is 10.6 Å². The van der Waals surface area contributed by atoms with Crippen LogP contribution in [-0.4, -0.2) is 35.0 Å². The molecule has 0 saturated heterocycles. The zero-order valence-electron chi connectivity index (χ0n) is 14.9. The predicted octanol–water partition coefficient (Wildman–Crippen LogP) is 2.69. The molecule has 1 heterocycles. The molecule has 8 heteroatoms. The third-order valence-electron chi connectivity index (χ3n) is 5.98. The lowest BCUT2D eigenvalue weighted by Crippen LogP contribution is -2.62. The molecule has 0 unspecified atom stereocenters. The maximum atomic E-state index is 12.3. The zero-order chi connectivity index (χ0) is 19.0. The number of hydrogen-bond acceptors (Lipinski definition) is 5. The van der Waals surface area contributed by atoms with Crippen molar-refractivity contribution in [3.63, 3.8) is 0 Å². The number of aromatic nitrogens is 1. The molecule has 0 radical (unpaired) electrons. The van der Waals surface area contributed by atoms with Crippen molar-refractivity contribution >= 4 is 29.5 Å². The lowest BCUT2D eigenvalue weighted by molar-refractivity contribution is -0.123. The summed E-state index contributed by atoms with van der Waals surface area (Å²) in [5.41, 5.74) is -0.107. The first-order chi connectivity index (χ1) is 12.9. The van der Waals surface area contributed by atoms with Crippen molar-refractivity contribution in [3.05, 3.63) is 29.0 Å². The van der Waals surface area contributed by atoms with Gasteiger partial charge in [0.15, 0.2) is 6.61 Å². The molecule has 2 N–H and O–H groups in total. The van der Waals surface area contributed by atoms with Gasteiger partial charge in [0.25, 0.3) is 5.91 Å². The minimum atomic E-state index is -0.759. The summed E-state index contributed by atoms with van der Waals surface area (Å²) in [5, 5.41) is 5.31. The van der Waals surface area contributed by atoms with Crippen LogP contribution in [-0.2, 0) is 9.53 Å². The monoisotopic (exact) mass is 391 g/mol. The van der Waals surface area contributed by atoms with Crippen molar-refractivity contribution in [1.82, 2.24) is 15.6 Å². The number of rotatable bonds is 4. The highest BCUT2D eigenvalue weighted by atomic mass is 35.5. The second-order valence-electron chi connectivity index (χ2n) is 8.12. The third kappa shape index (κ3) is 3.93. The molecule has 0 aromatic carbocycles. The van der Waals surface area contributed by atoms with E-state index >= 15 is 0 Å². The Morgan fingerprint density at radius 1 is 1.15 bits per heavy atom. The second kappa shape index (κ2) is 7.11. The number of imide groups is 1. The van der Waals surface area contributed by atoms with Gasteiger partial charge in [-0.05, 0) is 68.4 Å². The summed E-state index contributed by atoms with van der Waals surface area (Å²) < 4.78 is 4.91. The molecule has 144 valence electrons. The molecule has 27 heavy (non-hydrogen) atoms. The minimum Gasteiger partial charge on any atom is -0.452 e. The van der Waals surface area contributed by atoms with Crippen molar-refractivity contribution in [2.24, 2.45) is 17.8 Å². The SMILES string of the molecule is O=C(COC(=O)c1cccnc1Cl)NC(=O)NC12CC3CC(CC(C3)C1)C2. The van der Waals surface area contributed by atoms with E-state index in [1.165, 1.54) is 31.5 Å². The Bertz CT molecular complexity index is 747. The first-order valence-corrected chi connectivity index (χ1v) is 9.70. The molecule has 4 bridgehead atoms. The summed E-state index contributed by atoms with van der Waals surface area (Å²) in [6, 6.07) is 2.48. The van der Waals surface area contributed by atoms with Crippen molar-refractivity contribution in [2.45, 2.75) is 44.1 Å². The van der Waals surface area contributed by atoms with Crippen LogP contribution in [0.3, 0.4) is 0 Å². The second-order valence-corrected chi connectivity index (χ2v) is 8.48. The van der Waals surface area contributed by atoms with Crippen LogP contribution in [0.2, 0.25) is 5.15 Å². The minimum absolute atomic E-state index is 0.00228. The van der Waals surface area contributed by atoms with Gasteiger partial charge in [0.05, 0.1) is 5.56 Å². The number of esters is 1. The highest BCUT2D eigenvalue weighted by Crippen LogP contribution is 2.55. The highest BCUT2D eigenvalue weighted by Gasteiger charge is 2.51. The normalized spacial score (nSPS) is 30.6. The number of amides is 3.